The third-order valence-corrected chi connectivity index (χ3v) is 2.70. The van der Waals surface area contributed by atoms with E-state index in [1.54, 1.807) is 7.11 Å². The van der Waals surface area contributed by atoms with E-state index in [1.165, 1.54) is 37.9 Å². The van der Waals surface area contributed by atoms with Crippen molar-refractivity contribution < 1.29 is 40.6 Å². The fraction of sp³-hybridized carbons (Fsp3) is 0.538. The van der Waals surface area contributed by atoms with Crippen molar-refractivity contribution in [1.82, 2.24) is 0 Å². The molecule has 1 aromatic rings. The Kier molecular flexibility index (Phi) is 14.3. The van der Waals surface area contributed by atoms with Crippen molar-refractivity contribution in [3.8, 4) is 5.75 Å². The van der Waals surface area contributed by atoms with E-state index in [0.717, 1.165) is 12.3 Å². The second-order valence-electron chi connectivity index (χ2n) is 4.03. The monoisotopic (exact) mass is 294 g/mol. The first kappa shape index (κ1) is 19.9. The van der Waals surface area contributed by atoms with Gasteiger partial charge in [0.25, 0.3) is 0 Å². The highest BCUT2D eigenvalue weighted by Gasteiger charge is 1.97. The molecule has 0 radical (unpaired) electrons. The first-order valence-electron chi connectivity index (χ1n) is 6.13. The van der Waals surface area contributed by atoms with Crippen molar-refractivity contribution in [3.05, 3.63) is 24.3 Å². The molecule has 0 unspecified atom stereocenters. The molecular formula is C13H24Cl2N2O. The maximum atomic E-state index is 5.12. The second kappa shape index (κ2) is 13.0. The van der Waals surface area contributed by atoms with Crippen molar-refractivity contribution >= 4 is 5.69 Å². The van der Waals surface area contributed by atoms with Crippen LogP contribution >= 0.6 is 0 Å². The van der Waals surface area contributed by atoms with Gasteiger partial charge in [0, 0.05) is 12.1 Å². The van der Waals surface area contributed by atoms with Crippen LogP contribution in [0.15, 0.2) is 24.3 Å². The topological polar surface area (TPSA) is 53.5 Å². The number of methoxy groups -OCH3 is 1. The molecule has 1 rings (SSSR count). The van der Waals surface area contributed by atoms with Gasteiger partial charge >= 0.3 is 0 Å². The Bertz CT molecular complexity index is 281. The lowest BCUT2D eigenvalue weighted by molar-refractivity contribution is -0.572. The van der Waals surface area contributed by atoms with E-state index >= 15 is 0 Å². The number of benzene rings is 1. The molecule has 0 amide bonds. The van der Waals surface area contributed by atoms with Crippen LogP contribution in [0, 0.1) is 0 Å². The van der Waals surface area contributed by atoms with E-state index < -0.39 is 0 Å². The van der Waals surface area contributed by atoms with Crippen LogP contribution in [0.2, 0.25) is 0 Å². The lowest BCUT2D eigenvalue weighted by Gasteiger charge is -2.02. The van der Waals surface area contributed by atoms with Crippen LogP contribution < -0.4 is 40.6 Å². The van der Waals surface area contributed by atoms with Gasteiger partial charge in [-0.25, -0.2) is 0 Å². The number of rotatable bonds is 8. The van der Waals surface area contributed by atoms with Crippen LogP contribution in [-0.4, -0.2) is 20.2 Å². The largest absolute Gasteiger partial charge is 1.00 e. The molecule has 0 bridgehead atoms. The minimum absolute atomic E-state index is 0. The summed E-state index contributed by atoms with van der Waals surface area (Å²) in [5.41, 5.74) is 5.14. The van der Waals surface area contributed by atoms with Gasteiger partial charge in [0.15, 0.2) is 0 Å². The Balaban J connectivity index is 0. The molecule has 18 heavy (non-hydrogen) atoms. The van der Waals surface area contributed by atoms with Gasteiger partial charge in [-0.15, -0.1) is 0 Å². The fourth-order valence-electron chi connectivity index (χ4n) is 1.68. The summed E-state index contributed by atoms with van der Waals surface area (Å²) < 4.78 is 5.12. The molecule has 0 heterocycles. The highest BCUT2D eigenvalue weighted by atomic mass is 35.5. The second-order valence-corrected chi connectivity index (χ2v) is 4.03. The predicted octanol–water partition coefficient (Wildman–Crippen LogP) is -5.30. The van der Waals surface area contributed by atoms with Gasteiger partial charge in [-0.3, -0.25) is 0 Å². The summed E-state index contributed by atoms with van der Waals surface area (Å²) in [6.45, 7) is 2.24. The summed E-state index contributed by atoms with van der Waals surface area (Å²) >= 11 is 0. The number of hydrogen-bond donors (Lipinski definition) is 2. The van der Waals surface area contributed by atoms with Crippen molar-refractivity contribution in [2.75, 3.05) is 20.2 Å². The number of ether oxygens (including phenoxy) is 1. The molecule has 0 atom stereocenters. The number of unbranched alkanes of at least 4 members (excludes halogenated alkanes) is 3. The number of hydrogen-bond acceptors (Lipinski definition) is 1. The quantitative estimate of drug-likeness (QED) is 0.365. The standard InChI is InChI=1S/C13H22N2O.2ClH/c1-16-13-8-6-12(7-9-13)15-11-5-3-2-4-10-14;;/h6-9,15H,2-5,10-11,14H2,1H3;2*1H. The smallest absolute Gasteiger partial charge is 0.129 e. The van der Waals surface area contributed by atoms with Crippen LogP contribution in [0.1, 0.15) is 25.7 Å². The van der Waals surface area contributed by atoms with E-state index in [-0.39, 0.29) is 24.8 Å². The van der Waals surface area contributed by atoms with Gasteiger partial charge in [-0.2, -0.15) is 0 Å². The van der Waals surface area contributed by atoms with Crippen LogP contribution in [0.4, 0.5) is 5.69 Å². The first-order chi connectivity index (χ1) is 7.86. The Morgan fingerprint density at radius 3 is 2.17 bits per heavy atom. The molecule has 5 N–H and O–H groups in total. The third-order valence-electron chi connectivity index (χ3n) is 2.70. The SMILES string of the molecule is COc1ccc([NH2+]CCCCCC[NH3+])cc1.[Cl-].[Cl-]. The molecule has 0 aliphatic carbocycles. The van der Waals surface area contributed by atoms with E-state index in [2.05, 4.69) is 23.2 Å². The Morgan fingerprint density at radius 1 is 1.00 bits per heavy atom. The summed E-state index contributed by atoms with van der Waals surface area (Å²) in [7, 11) is 1.70. The van der Waals surface area contributed by atoms with Gasteiger partial charge in [-0.05, 0) is 37.8 Å². The zero-order valence-electron chi connectivity index (χ0n) is 11.0. The van der Waals surface area contributed by atoms with Gasteiger partial charge < -0.3 is 40.6 Å². The summed E-state index contributed by atoms with van der Waals surface area (Å²) in [6.07, 6.45) is 5.19. The van der Waals surface area contributed by atoms with Crippen LogP contribution in [0.5, 0.6) is 5.75 Å². The van der Waals surface area contributed by atoms with E-state index in [4.69, 9.17) is 4.74 Å². The van der Waals surface area contributed by atoms with Gasteiger partial charge in [-0.1, -0.05) is 0 Å². The lowest BCUT2D eigenvalue weighted by atomic mass is 10.2. The maximum absolute atomic E-state index is 5.12. The van der Waals surface area contributed by atoms with E-state index in [9.17, 15) is 0 Å². The fourth-order valence-corrected chi connectivity index (χ4v) is 1.68. The Labute approximate surface area is 122 Å². The molecule has 106 valence electrons. The predicted molar refractivity (Wildman–Crippen MR) is 65.7 cm³/mol. The minimum atomic E-state index is 0. The third kappa shape index (κ3) is 8.59. The summed E-state index contributed by atoms with van der Waals surface area (Å²) in [4.78, 5) is 0. The van der Waals surface area contributed by atoms with Gasteiger partial charge in [0.2, 0.25) is 0 Å². The molecule has 0 spiro atoms. The Hall–Kier alpha value is -0.480. The summed E-state index contributed by atoms with van der Waals surface area (Å²) in [5.74, 6) is 0.924. The molecule has 0 aromatic heterocycles. The van der Waals surface area contributed by atoms with Gasteiger partial charge in [0.1, 0.15) is 11.4 Å². The molecule has 0 saturated carbocycles. The van der Waals surface area contributed by atoms with Crippen molar-refractivity contribution in [2.24, 2.45) is 0 Å². The summed E-state index contributed by atoms with van der Waals surface area (Å²) in [5, 5.41) is 2.30. The van der Waals surface area contributed by atoms with Crippen molar-refractivity contribution in [3.63, 3.8) is 0 Å². The number of quaternary nitrogens is 2. The zero-order valence-corrected chi connectivity index (χ0v) is 12.5. The molecule has 3 nitrogen and oxygen atoms in total. The molecular weight excluding hydrogens is 271 g/mol. The van der Waals surface area contributed by atoms with E-state index in [0.29, 0.717) is 0 Å². The molecule has 5 heteroatoms. The molecule has 0 fully saturated rings. The first-order valence-corrected chi connectivity index (χ1v) is 6.13. The van der Waals surface area contributed by atoms with Crippen molar-refractivity contribution in [1.29, 1.82) is 0 Å². The molecule has 1 aromatic carbocycles. The van der Waals surface area contributed by atoms with E-state index in [1.807, 2.05) is 12.1 Å². The minimum Gasteiger partial charge on any atom is -1.00 e. The number of halogens is 2. The molecule has 0 saturated heterocycles. The lowest BCUT2D eigenvalue weighted by Crippen LogP contribution is -3.00. The highest BCUT2D eigenvalue weighted by molar-refractivity contribution is 5.34. The maximum Gasteiger partial charge on any atom is 0.129 e. The molecule has 0 aliphatic rings. The zero-order chi connectivity index (χ0) is 11.6. The average Bonchev–Trinajstić information content (AvgIpc) is 2.34. The normalized spacial score (nSPS) is 9.22. The highest BCUT2D eigenvalue weighted by Crippen LogP contribution is 2.11. The van der Waals surface area contributed by atoms with Gasteiger partial charge in [0.05, 0.1) is 20.2 Å². The van der Waals surface area contributed by atoms with Crippen LogP contribution in [-0.2, 0) is 0 Å². The number of nitrogens with two attached hydrogens (primary N) is 1. The van der Waals surface area contributed by atoms with Crippen LogP contribution in [0.3, 0.4) is 0 Å². The Morgan fingerprint density at radius 2 is 1.61 bits per heavy atom. The molecule has 0 aliphatic heterocycles. The van der Waals surface area contributed by atoms with Crippen LogP contribution in [0.25, 0.3) is 0 Å². The van der Waals surface area contributed by atoms with Crippen molar-refractivity contribution in [2.45, 2.75) is 25.7 Å². The average molecular weight is 295 g/mol. The summed E-state index contributed by atoms with van der Waals surface area (Å²) in [6, 6.07) is 8.23.